The molecule has 1 aromatic heterocycles. The number of rotatable bonds is 3. The van der Waals surface area contributed by atoms with E-state index in [0.717, 1.165) is 5.69 Å². The monoisotopic (exact) mass is 256 g/mol. The zero-order chi connectivity index (χ0) is 13.8. The van der Waals surface area contributed by atoms with Crippen molar-refractivity contribution < 1.29 is 4.79 Å². The summed E-state index contributed by atoms with van der Waals surface area (Å²) in [6, 6.07) is 9.02. The van der Waals surface area contributed by atoms with Crippen LogP contribution in [0.1, 0.15) is 10.4 Å². The molecule has 0 atom stereocenters. The molecule has 5 heteroatoms. The SMILES string of the molecule is CN(C)c1ccc(C(=O)Nc2ccncc2N)cc1. The second-order valence-corrected chi connectivity index (χ2v) is 4.36. The Labute approximate surface area is 112 Å². The number of anilines is 3. The number of nitrogen functional groups attached to an aromatic ring is 1. The second-order valence-electron chi connectivity index (χ2n) is 4.36. The van der Waals surface area contributed by atoms with E-state index in [2.05, 4.69) is 10.3 Å². The molecule has 3 N–H and O–H groups in total. The molecule has 0 aliphatic carbocycles. The summed E-state index contributed by atoms with van der Waals surface area (Å²) < 4.78 is 0. The third-order valence-electron chi connectivity index (χ3n) is 2.75. The molecule has 2 rings (SSSR count). The first-order valence-electron chi connectivity index (χ1n) is 5.86. The number of carbonyl (C=O) groups excluding carboxylic acids is 1. The Morgan fingerprint density at radius 1 is 1.21 bits per heavy atom. The minimum absolute atomic E-state index is 0.191. The number of benzene rings is 1. The third-order valence-corrected chi connectivity index (χ3v) is 2.75. The lowest BCUT2D eigenvalue weighted by Crippen LogP contribution is -2.14. The van der Waals surface area contributed by atoms with Gasteiger partial charge >= 0.3 is 0 Å². The highest BCUT2D eigenvalue weighted by molar-refractivity contribution is 6.05. The van der Waals surface area contributed by atoms with Crippen molar-refractivity contribution in [3.8, 4) is 0 Å². The lowest BCUT2D eigenvalue weighted by Gasteiger charge is -2.13. The fourth-order valence-electron chi connectivity index (χ4n) is 1.63. The van der Waals surface area contributed by atoms with Crippen molar-refractivity contribution >= 4 is 23.0 Å². The van der Waals surface area contributed by atoms with Gasteiger partial charge in [-0.1, -0.05) is 0 Å². The zero-order valence-corrected chi connectivity index (χ0v) is 10.9. The summed E-state index contributed by atoms with van der Waals surface area (Å²) in [5.74, 6) is -0.191. The molecule has 5 nitrogen and oxygen atoms in total. The van der Waals surface area contributed by atoms with E-state index in [9.17, 15) is 4.79 Å². The molecule has 0 saturated heterocycles. The number of aromatic nitrogens is 1. The summed E-state index contributed by atoms with van der Waals surface area (Å²) in [6.45, 7) is 0. The number of nitrogens with zero attached hydrogens (tertiary/aromatic N) is 2. The van der Waals surface area contributed by atoms with E-state index in [1.165, 1.54) is 6.20 Å². The van der Waals surface area contributed by atoms with Gasteiger partial charge in [-0.25, -0.2) is 0 Å². The molecule has 1 aromatic carbocycles. The number of amides is 1. The standard InChI is InChI=1S/C14H16N4O/c1-18(2)11-5-3-10(4-6-11)14(19)17-13-7-8-16-9-12(13)15/h3-9H,15H2,1-2H3,(H,16,17,19). The zero-order valence-electron chi connectivity index (χ0n) is 10.9. The topological polar surface area (TPSA) is 71.2 Å². The summed E-state index contributed by atoms with van der Waals surface area (Å²) in [5.41, 5.74) is 8.37. The highest BCUT2D eigenvalue weighted by Gasteiger charge is 2.08. The molecule has 0 fully saturated rings. The van der Waals surface area contributed by atoms with Crippen LogP contribution in [0.15, 0.2) is 42.7 Å². The van der Waals surface area contributed by atoms with E-state index in [4.69, 9.17) is 5.73 Å². The largest absolute Gasteiger partial charge is 0.396 e. The van der Waals surface area contributed by atoms with Gasteiger partial charge in [0.05, 0.1) is 17.6 Å². The molecule has 0 aliphatic rings. The Hall–Kier alpha value is -2.56. The maximum atomic E-state index is 12.0. The van der Waals surface area contributed by atoms with Gasteiger partial charge in [0.1, 0.15) is 0 Å². The van der Waals surface area contributed by atoms with Crippen LogP contribution >= 0.6 is 0 Å². The molecule has 98 valence electrons. The van der Waals surface area contributed by atoms with Crippen molar-refractivity contribution in [1.82, 2.24) is 4.98 Å². The molecular weight excluding hydrogens is 240 g/mol. The van der Waals surface area contributed by atoms with E-state index >= 15 is 0 Å². The van der Waals surface area contributed by atoms with Crippen molar-refractivity contribution in [3.63, 3.8) is 0 Å². The first-order valence-corrected chi connectivity index (χ1v) is 5.86. The molecule has 0 aliphatic heterocycles. The summed E-state index contributed by atoms with van der Waals surface area (Å²) in [7, 11) is 3.90. The molecule has 0 radical (unpaired) electrons. The highest BCUT2D eigenvalue weighted by atomic mass is 16.1. The molecule has 0 spiro atoms. The second kappa shape index (κ2) is 5.39. The van der Waals surface area contributed by atoms with Gasteiger partial charge in [0, 0.05) is 31.5 Å². The number of carbonyl (C=O) groups is 1. The quantitative estimate of drug-likeness (QED) is 0.881. The predicted molar refractivity (Wildman–Crippen MR) is 77.4 cm³/mol. The number of hydrogen-bond donors (Lipinski definition) is 2. The fraction of sp³-hybridized carbons (Fsp3) is 0.143. The molecular formula is C14H16N4O. The predicted octanol–water partition coefficient (Wildman–Crippen LogP) is 1.98. The Balaban J connectivity index is 2.14. The molecule has 0 saturated carbocycles. The highest BCUT2D eigenvalue weighted by Crippen LogP contribution is 2.17. The van der Waals surface area contributed by atoms with Crippen molar-refractivity contribution in [2.45, 2.75) is 0 Å². The van der Waals surface area contributed by atoms with Crippen LogP contribution in [-0.4, -0.2) is 25.0 Å². The van der Waals surface area contributed by atoms with Crippen molar-refractivity contribution in [2.75, 3.05) is 30.0 Å². The number of nitrogens with one attached hydrogen (secondary N) is 1. The van der Waals surface area contributed by atoms with Crippen LogP contribution in [-0.2, 0) is 0 Å². The molecule has 19 heavy (non-hydrogen) atoms. The first-order chi connectivity index (χ1) is 9.08. The normalized spacial score (nSPS) is 10.0. The third kappa shape index (κ3) is 3.01. The van der Waals surface area contributed by atoms with Gasteiger partial charge in [0.25, 0.3) is 5.91 Å². The smallest absolute Gasteiger partial charge is 0.255 e. The number of nitrogens with two attached hydrogens (primary N) is 1. The van der Waals surface area contributed by atoms with Crippen LogP contribution in [0.5, 0.6) is 0 Å². The summed E-state index contributed by atoms with van der Waals surface area (Å²) >= 11 is 0. The average molecular weight is 256 g/mol. The Morgan fingerprint density at radius 3 is 2.47 bits per heavy atom. The van der Waals surface area contributed by atoms with Crippen LogP contribution in [0.4, 0.5) is 17.1 Å². The van der Waals surface area contributed by atoms with E-state index in [1.807, 2.05) is 31.1 Å². The molecule has 0 unspecified atom stereocenters. The van der Waals surface area contributed by atoms with E-state index in [1.54, 1.807) is 24.4 Å². The van der Waals surface area contributed by atoms with Crippen molar-refractivity contribution in [3.05, 3.63) is 48.3 Å². The van der Waals surface area contributed by atoms with Gasteiger partial charge in [-0.3, -0.25) is 9.78 Å². The van der Waals surface area contributed by atoms with E-state index in [0.29, 0.717) is 16.9 Å². The Bertz CT molecular complexity index is 578. The minimum Gasteiger partial charge on any atom is -0.396 e. The van der Waals surface area contributed by atoms with Crippen LogP contribution in [0.2, 0.25) is 0 Å². The van der Waals surface area contributed by atoms with Crippen molar-refractivity contribution in [1.29, 1.82) is 0 Å². The van der Waals surface area contributed by atoms with Crippen LogP contribution < -0.4 is 16.0 Å². The van der Waals surface area contributed by atoms with Crippen molar-refractivity contribution in [2.24, 2.45) is 0 Å². The average Bonchev–Trinajstić information content (AvgIpc) is 2.41. The van der Waals surface area contributed by atoms with Gasteiger partial charge in [-0.15, -0.1) is 0 Å². The maximum Gasteiger partial charge on any atom is 0.255 e. The number of hydrogen-bond acceptors (Lipinski definition) is 4. The van der Waals surface area contributed by atoms with Crippen LogP contribution in [0.25, 0.3) is 0 Å². The lowest BCUT2D eigenvalue weighted by atomic mass is 10.2. The first kappa shape index (κ1) is 12.9. The lowest BCUT2D eigenvalue weighted by molar-refractivity contribution is 0.102. The maximum absolute atomic E-state index is 12.0. The fourth-order valence-corrected chi connectivity index (χ4v) is 1.63. The molecule has 1 heterocycles. The Kier molecular flexibility index (Phi) is 3.66. The van der Waals surface area contributed by atoms with Gasteiger partial charge in [0.2, 0.25) is 0 Å². The summed E-state index contributed by atoms with van der Waals surface area (Å²) in [4.78, 5) is 17.9. The summed E-state index contributed by atoms with van der Waals surface area (Å²) in [5, 5.41) is 2.76. The van der Waals surface area contributed by atoms with E-state index in [-0.39, 0.29) is 5.91 Å². The molecule has 1 amide bonds. The number of pyridine rings is 1. The Morgan fingerprint density at radius 2 is 1.89 bits per heavy atom. The minimum atomic E-state index is -0.191. The van der Waals surface area contributed by atoms with Crippen LogP contribution in [0.3, 0.4) is 0 Å². The van der Waals surface area contributed by atoms with E-state index < -0.39 is 0 Å². The van der Waals surface area contributed by atoms with Gasteiger partial charge in [0.15, 0.2) is 0 Å². The van der Waals surface area contributed by atoms with Gasteiger partial charge in [-0.05, 0) is 30.3 Å². The van der Waals surface area contributed by atoms with Crippen LogP contribution in [0, 0.1) is 0 Å². The van der Waals surface area contributed by atoms with Gasteiger partial charge < -0.3 is 16.0 Å². The summed E-state index contributed by atoms with van der Waals surface area (Å²) in [6.07, 6.45) is 3.09. The van der Waals surface area contributed by atoms with Gasteiger partial charge in [-0.2, -0.15) is 0 Å². The molecule has 2 aromatic rings. The molecule has 0 bridgehead atoms.